The smallest absolute Gasteiger partial charge is 0.217 e. The molecule has 1 aromatic carbocycles. The fourth-order valence-electron chi connectivity index (χ4n) is 3.62. The minimum absolute atomic E-state index is 0.0355. The summed E-state index contributed by atoms with van der Waals surface area (Å²) in [6.07, 6.45) is 5.90. The van der Waals surface area contributed by atoms with Gasteiger partial charge in [0, 0.05) is 32.7 Å². The van der Waals surface area contributed by atoms with Gasteiger partial charge in [-0.05, 0) is 31.2 Å². The molecule has 2 atom stereocenters. The molecule has 2 rings (SSSR count). The van der Waals surface area contributed by atoms with E-state index in [-0.39, 0.29) is 18.6 Å². The van der Waals surface area contributed by atoms with Gasteiger partial charge in [0.25, 0.3) is 0 Å². The van der Waals surface area contributed by atoms with E-state index in [4.69, 9.17) is 9.84 Å². The summed E-state index contributed by atoms with van der Waals surface area (Å²) in [4.78, 5) is 25.6. The maximum absolute atomic E-state index is 12.1. The third-order valence-corrected chi connectivity index (χ3v) is 5.09. The standard InChI is InChI=1S/C21H32N2O4/c1-18(26)22-20-11-12-21(17-25,27-16-19-9-5-4-6-10-19)23(15-20)13-7-2-3-8-14-24/h4-6,9-10,17,20,24H,2-3,7-8,11-16H2,1H3,(H,22,26)/t20-,21?/m0/s1. The van der Waals surface area contributed by atoms with Crippen LogP contribution in [0.15, 0.2) is 30.3 Å². The summed E-state index contributed by atoms with van der Waals surface area (Å²) < 4.78 is 6.16. The van der Waals surface area contributed by atoms with Gasteiger partial charge in [0.05, 0.1) is 6.61 Å². The number of rotatable bonds is 11. The van der Waals surface area contributed by atoms with Crippen molar-refractivity contribution in [2.75, 3.05) is 19.7 Å². The van der Waals surface area contributed by atoms with E-state index in [1.807, 2.05) is 30.3 Å². The van der Waals surface area contributed by atoms with E-state index in [9.17, 15) is 9.59 Å². The molecule has 27 heavy (non-hydrogen) atoms. The molecule has 1 unspecified atom stereocenters. The molecular weight excluding hydrogens is 344 g/mol. The lowest BCUT2D eigenvalue weighted by Crippen LogP contribution is -2.61. The second-order valence-corrected chi connectivity index (χ2v) is 7.26. The number of ether oxygens (including phenoxy) is 1. The maximum Gasteiger partial charge on any atom is 0.217 e. The SMILES string of the molecule is CC(=O)N[C@H]1CCC(C=O)(OCc2ccccc2)N(CCCCCCO)C1. The molecule has 1 amide bonds. The van der Waals surface area contributed by atoms with Gasteiger partial charge in [0.2, 0.25) is 5.91 Å². The van der Waals surface area contributed by atoms with Crippen LogP contribution in [0.2, 0.25) is 0 Å². The van der Waals surface area contributed by atoms with Gasteiger partial charge < -0.3 is 15.2 Å². The van der Waals surface area contributed by atoms with Gasteiger partial charge >= 0.3 is 0 Å². The Bertz CT molecular complexity index is 581. The van der Waals surface area contributed by atoms with Gasteiger partial charge in [-0.15, -0.1) is 0 Å². The van der Waals surface area contributed by atoms with Gasteiger partial charge in [-0.3, -0.25) is 14.5 Å². The Labute approximate surface area is 161 Å². The Kier molecular flexibility index (Phi) is 8.91. The summed E-state index contributed by atoms with van der Waals surface area (Å²) >= 11 is 0. The summed E-state index contributed by atoms with van der Waals surface area (Å²) in [5.41, 5.74) is 0.0903. The van der Waals surface area contributed by atoms with Gasteiger partial charge in [0.1, 0.15) is 0 Å². The molecule has 1 saturated heterocycles. The van der Waals surface area contributed by atoms with Crippen LogP contribution in [0.5, 0.6) is 0 Å². The molecule has 1 heterocycles. The molecule has 0 saturated carbocycles. The van der Waals surface area contributed by atoms with Crippen molar-refractivity contribution < 1.29 is 19.4 Å². The van der Waals surface area contributed by atoms with Crippen LogP contribution in [0.25, 0.3) is 0 Å². The molecular formula is C21H32N2O4. The third-order valence-electron chi connectivity index (χ3n) is 5.09. The van der Waals surface area contributed by atoms with Crippen LogP contribution in [-0.4, -0.2) is 53.7 Å². The van der Waals surface area contributed by atoms with Crippen LogP contribution in [0.3, 0.4) is 0 Å². The highest BCUT2D eigenvalue weighted by Gasteiger charge is 2.42. The molecule has 6 heteroatoms. The highest BCUT2D eigenvalue weighted by molar-refractivity contribution is 5.73. The number of likely N-dealkylation sites (tertiary alicyclic amines) is 1. The zero-order chi connectivity index (χ0) is 19.5. The predicted octanol–water partition coefficient (Wildman–Crippen LogP) is 2.25. The van der Waals surface area contributed by atoms with Crippen molar-refractivity contribution in [3.63, 3.8) is 0 Å². The first-order valence-electron chi connectivity index (χ1n) is 9.87. The van der Waals surface area contributed by atoms with Crippen molar-refractivity contribution in [2.24, 2.45) is 0 Å². The predicted molar refractivity (Wildman–Crippen MR) is 104 cm³/mol. The Morgan fingerprint density at radius 2 is 2.04 bits per heavy atom. The van der Waals surface area contributed by atoms with Crippen molar-refractivity contribution >= 4 is 12.2 Å². The van der Waals surface area contributed by atoms with E-state index in [0.717, 1.165) is 44.1 Å². The number of carbonyl (C=O) groups excluding carboxylic acids is 2. The number of benzene rings is 1. The minimum Gasteiger partial charge on any atom is -0.396 e. The van der Waals surface area contributed by atoms with E-state index in [1.165, 1.54) is 6.92 Å². The van der Waals surface area contributed by atoms with Gasteiger partial charge in [-0.25, -0.2) is 0 Å². The lowest BCUT2D eigenvalue weighted by atomic mass is 9.94. The zero-order valence-corrected chi connectivity index (χ0v) is 16.2. The molecule has 1 aliphatic rings. The molecule has 1 fully saturated rings. The van der Waals surface area contributed by atoms with Crippen molar-refractivity contribution in [3.8, 4) is 0 Å². The first kappa shape index (κ1) is 21.5. The first-order chi connectivity index (χ1) is 13.1. The number of amides is 1. The van der Waals surface area contributed by atoms with Gasteiger partial charge in [0.15, 0.2) is 12.0 Å². The maximum atomic E-state index is 12.1. The zero-order valence-electron chi connectivity index (χ0n) is 16.2. The second-order valence-electron chi connectivity index (χ2n) is 7.26. The summed E-state index contributed by atoms with van der Waals surface area (Å²) in [5, 5.41) is 11.9. The normalized spacial score (nSPS) is 23.1. The summed E-state index contributed by atoms with van der Waals surface area (Å²) in [7, 11) is 0. The second kappa shape index (κ2) is 11.2. The quantitative estimate of drug-likeness (QED) is 0.457. The van der Waals surface area contributed by atoms with E-state index >= 15 is 0 Å². The average molecular weight is 376 g/mol. The van der Waals surface area contributed by atoms with Gasteiger partial charge in [-0.1, -0.05) is 43.2 Å². The Morgan fingerprint density at radius 1 is 1.30 bits per heavy atom. The molecule has 2 N–H and O–H groups in total. The fraction of sp³-hybridized carbons (Fsp3) is 0.619. The molecule has 0 aliphatic carbocycles. The monoisotopic (exact) mass is 376 g/mol. The Hall–Kier alpha value is -1.76. The summed E-state index contributed by atoms with van der Waals surface area (Å²) in [6, 6.07) is 9.88. The number of aliphatic hydroxyl groups excluding tert-OH is 1. The van der Waals surface area contributed by atoms with Crippen molar-refractivity contribution in [2.45, 2.75) is 63.8 Å². The van der Waals surface area contributed by atoms with E-state index in [1.54, 1.807) is 0 Å². The number of nitrogens with zero attached hydrogens (tertiary/aromatic N) is 1. The highest BCUT2D eigenvalue weighted by atomic mass is 16.5. The molecule has 0 spiro atoms. The lowest BCUT2D eigenvalue weighted by molar-refractivity contribution is -0.184. The van der Waals surface area contributed by atoms with Crippen LogP contribution in [0.4, 0.5) is 0 Å². The fourth-order valence-corrected chi connectivity index (χ4v) is 3.62. The van der Waals surface area contributed by atoms with Crippen molar-refractivity contribution in [1.29, 1.82) is 0 Å². The molecule has 6 nitrogen and oxygen atoms in total. The van der Waals surface area contributed by atoms with E-state index < -0.39 is 5.72 Å². The number of carbonyl (C=O) groups is 2. The van der Waals surface area contributed by atoms with Crippen LogP contribution in [0, 0.1) is 0 Å². The van der Waals surface area contributed by atoms with Crippen LogP contribution >= 0.6 is 0 Å². The number of nitrogens with one attached hydrogen (secondary N) is 1. The summed E-state index contributed by atoms with van der Waals surface area (Å²) in [6.45, 7) is 3.45. The Morgan fingerprint density at radius 3 is 2.70 bits per heavy atom. The van der Waals surface area contributed by atoms with Crippen LogP contribution < -0.4 is 5.32 Å². The summed E-state index contributed by atoms with van der Waals surface area (Å²) in [5.74, 6) is -0.0493. The number of unbranched alkanes of at least 4 members (excludes halogenated alkanes) is 3. The minimum atomic E-state index is -0.943. The number of aldehydes is 1. The number of aliphatic hydroxyl groups is 1. The molecule has 0 radical (unpaired) electrons. The molecule has 0 bridgehead atoms. The van der Waals surface area contributed by atoms with Crippen LogP contribution in [-0.2, 0) is 20.9 Å². The molecule has 1 aromatic rings. The number of piperidine rings is 1. The molecule has 150 valence electrons. The topological polar surface area (TPSA) is 78.9 Å². The highest BCUT2D eigenvalue weighted by Crippen LogP contribution is 2.30. The lowest BCUT2D eigenvalue weighted by Gasteiger charge is -2.46. The largest absolute Gasteiger partial charge is 0.396 e. The molecule has 1 aliphatic heterocycles. The number of hydrogen-bond acceptors (Lipinski definition) is 5. The first-order valence-corrected chi connectivity index (χ1v) is 9.87. The third kappa shape index (κ3) is 6.72. The Balaban J connectivity index is 2.02. The van der Waals surface area contributed by atoms with Crippen molar-refractivity contribution in [1.82, 2.24) is 10.2 Å². The van der Waals surface area contributed by atoms with Crippen LogP contribution in [0.1, 0.15) is 51.0 Å². The van der Waals surface area contributed by atoms with E-state index in [0.29, 0.717) is 26.0 Å². The van der Waals surface area contributed by atoms with Gasteiger partial charge in [-0.2, -0.15) is 0 Å². The van der Waals surface area contributed by atoms with E-state index in [2.05, 4.69) is 10.2 Å². The molecule has 0 aromatic heterocycles. The van der Waals surface area contributed by atoms with Crippen molar-refractivity contribution in [3.05, 3.63) is 35.9 Å². The average Bonchev–Trinajstić information content (AvgIpc) is 2.68. The number of hydrogen-bond donors (Lipinski definition) is 2.